The molecule has 0 saturated carbocycles. The number of hydrogen-bond acceptors (Lipinski definition) is 4. The molecule has 0 radical (unpaired) electrons. The number of allylic oxidation sites excluding steroid dienone is 1. The lowest BCUT2D eigenvalue weighted by molar-refractivity contribution is -0.384. The topological polar surface area (TPSA) is 76.2 Å². The van der Waals surface area contributed by atoms with E-state index >= 15 is 0 Å². The summed E-state index contributed by atoms with van der Waals surface area (Å²) in [5.74, 6) is 0.429. The lowest BCUT2D eigenvalue weighted by Crippen LogP contribution is -1.95. The molecule has 2 rings (SSSR count). The van der Waals surface area contributed by atoms with Crippen LogP contribution in [0.4, 0.5) is 5.69 Å². The van der Waals surface area contributed by atoms with Crippen molar-refractivity contribution in [1.29, 1.82) is 5.26 Å². The van der Waals surface area contributed by atoms with Gasteiger partial charge in [-0.15, -0.1) is 0 Å². The highest BCUT2D eigenvalue weighted by Crippen LogP contribution is 2.35. The van der Waals surface area contributed by atoms with Gasteiger partial charge in [0.2, 0.25) is 0 Å². The van der Waals surface area contributed by atoms with Crippen molar-refractivity contribution in [3.05, 3.63) is 67.7 Å². The summed E-state index contributed by atoms with van der Waals surface area (Å²) in [6.07, 6.45) is 1.59. The molecule has 0 fully saturated rings. The average molecular weight is 363 g/mol. The molecule has 0 aliphatic rings. The molecule has 2 aromatic carbocycles. The average Bonchev–Trinajstić information content (AvgIpc) is 2.55. The van der Waals surface area contributed by atoms with Crippen LogP contribution in [0.2, 0.25) is 10.0 Å². The Morgan fingerprint density at radius 1 is 1.33 bits per heavy atom. The van der Waals surface area contributed by atoms with E-state index in [1.165, 1.54) is 24.3 Å². The SMILES string of the molecule is CCOc1c(Cl)cc(Cl)cc1/C=C(\C#N)c1ccc([N+](=O)[O-])cc1. The smallest absolute Gasteiger partial charge is 0.269 e. The number of nitrogens with zero attached hydrogens (tertiary/aromatic N) is 2. The number of halogens is 2. The molecule has 0 amide bonds. The summed E-state index contributed by atoms with van der Waals surface area (Å²) in [7, 11) is 0. The number of ether oxygens (including phenoxy) is 1. The van der Waals surface area contributed by atoms with Crippen molar-refractivity contribution in [3.8, 4) is 11.8 Å². The van der Waals surface area contributed by atoms with Crippen LogP contribution >= 0.6 is 23.2 Å². The maximum absolute atomic E-state index is 10.7. The summed E-state index contributed by atoms with van der Waals surface area (Å²) in [4.78, 5) is 10.2. The fourth-order valence-electron chi connectivity index (χ4n) is 2.08. The van der Waals surface area contributed by atoms with Crippen molar-refractivity contribution >= 4 is 40.5 Å². The van der Waals surface area contributed by atoms with Gasteiger partial charge in [-0.3, -0.25) is 10.1 Å². The zero-order valence-electron chi connectivity index (χ0n) is 12.6. The normalized spacial score (nSPS) is 11.0. The van der Waals surface area contributed by atoms with E-state index in [0.717, 1.165) is 0 Å². The van der Waals surface area contributed by atoms with Crippen molar-refractivity contribution < 1.29 is 9.66 Å². The van der Waals surface area contributed by atoms with Crippen LogP contribution < -0.4 is 4.74 Å². The summed E-state index contributed by atoms with van der Waals surface area (Å²) in [6.45, 7) is 2.22. The van der Waals surface area contributed by atoms with Crippen LogP contribution in [0.3, 0.4) is 0 Å². The zero-order valence-corrected chi connectivity index (χ0v) is 14.1. The van der Waals surface area contributed by atoms with Crippen molar-refractivity contribution in [2.75, 3.05) is 6.61 Å². The van der Waals surface area contributed by atoms with E-state index in [4.69, 9.17) is 27.9 Å². The second-order valence-corrected chi connectivity index (χ2v) is 5.56. The third-order valence-corrected chi connectivity index (χ3v) is 3.63. The molecule has 0 bridgehead atoms. The third kappa shape index (κ3) is 4.05. The molecule has 0 unspecified atom stereocenters. The first-order valence-electron chi connectivity index (χ1n) is 6.94. The molecular weight excluding hydrogens is 351 g/mol. The number of rotatable bonds is 5. The van der Waals surface area contributed by atoms with Gasteiger partial charge in [0, 0.05) is 22.7 Å². The fraction of sp³-hybridized carbons (Fsp3) is 0.118. The summed E-state index contributed by atoms with van der Waals surface area (Å²) in [6, 6.07) is 11.0. The molecule has 0 heterocycles. The highest BCUT2D eigenvalue weighted by atomic mass is 35.5. The molecule has 0 N–H and O–H groups in total. The molecule has 0 saturated heterocycles. The van der Waals surface area contributed by atoms with Crippen molar-refractivity contribution in [2.24, 2.45) is 0 Å². The lowest BCUT2D eigenvalue weighted by atomic mass is 10.0. The molecule has 0 spiro atoms. The second kappa shape index (κ2) is 7.82. The highest BCUT2D eigenvalue weighted by Gasteiger charge is 2.12. The molecule has 5 nitrogen and oxygen atoms in total. The Morgan fingerprint density at radius 2 is 2.00 bits per heavy atom. The Bertz CT molecular complexity index is 840. The quantitative estimate of drug-likeness (QED) is 0.310. The Balaban J connectivity index is 2.51. The summed E-state index contributed by atoms with van der Waals surface area (Å²) in [5, 5.41) is 20.9. The van der Waals surface area contributed by atoms with Crippen LogP contribution in [0.5, 0.6) is 5.75 Å². The largest absolute Gasteiger partial charge is 0.492 e. The maximum atomic E-state index is 10.7. The van der Waals surface area contributed by atoms with Crippen molar-refractivity contribution in [3.63, 3.8) is 0 Å². The Labute approximate surface area is 148 Å². The zero-order chi connectivity index (χ0) is 17.7. The Kier molecular flexibility index (Phi) is 5.80. The predicted molar refractivity (Wildman–Crippen MR) is 94.2 cm³/mol. The molecule has 122 valence electrons. The first-order chi connectivity index (χ1) is 11.5. The van der Waals surface area contributed by atoms with Gasteiger partial charge in [0.15, 0.2) is 0 Å². The molecule has 0 aliphatic carbocycles. The summed E-state index contributed by atoms with van der Waals surface area (Å²) in [5.41, 5.74) is 1.37. The van der Waals surface area contributed by atoms with Crippen LogP contribution in [0.15, 0.2) is 36.4 Å². The van der Waals surface area contributed by atoms with Crippen molar-refractivity contribution in [1.82, 2.24) is 0 Å². The maximum Gasteiger partial charge on any atom is 0.269 e. The second-order valence-electron chi connectivity index (χ2n) is 4.71. The lowest BCUT2D eigenvalue weighted by Gasteiger charge is -2.10. The van der Waals surface area contributed by atoms with Gasteiger partial charge in [0.05, 0.1) is 28.2 Å². The van der Waals surface area contributed by atoms with Crippen molar-refractivity contribution in [2.45, 2.75) is 6.92 Å². The number of nitro benzene ring substituents is 1. The summed E-state index contributed by atoms with van der Waals surface area (Å²) >= 11 is 12.2. The number of nitriles is 1. The van der Waals surface area contributed by atoms with Crippen LogP contribution in [0.25, 0.3) is 11.6 Å². The van der Waals surface area contributed by atoms with Crippen LogP contribution in [-0.2, 0) is 0 Å². The third-order valence-electron chi connectivity index (χ3n) is 3.14. The van der Waals surface area contributed by atoms with E-state index in [1.807, 2.05) is 6.92 Å². The Morgan fingerprint density at radius 3 is 2.54 bits per heavy atom. The predicted octanol–water partition coefficient (Wildman–Crippen LogP) is 5.36. The monoisotopic (exact) mass is 362 g/mol. The molecule has 24 heavy (non-hydrogen) atoms. The first kappa shape index (κ1) is 17.8. The van der Waals surface area contributed by atoms with Crippen LogP contribution in [0.1, 0.15) is 18.1 Å². The van der Waals surface area contributed by atoms with E-state index in [-0.39, 0.29) is 5.69 Å². The molecule has 0 aromatic heterocycles. The molecular formula is C17H12Cl2N2O3. The van der Waals surface area contributed by atoms with E-state index in [1.54, 1.807) is 18.2 Å². The minimum Gasteiger partial charge on any atom is -0.492 e. The van der Waals surface area contributed by atoms with Gasteiger partial charge in [0.25, 0.3) is 5.69 Å². The van der Waals surface area contributed by atoms with Crippen LogP contribution in [0, 0.1) is 21.4 Å². The van der Waals surface area contributed by atoms with E-state index in [0.29, 0.717) is 39.1 Å². The van der Waals surface area contributed by atoms with Gasteiger partial charge in [-0.1, -0.05) is 23.2 Å². The molecule has 0 atom stereocenters. The number of benzene rings is 2. The number of hydrogen-bond donors (Lipinski definition) is 0. The minimum absolute atomic E-state index is 0.0446. The number of nitro groups is 1. The highest BCUT2D eigenvalue weighted by molar-refractivity contribution is 6.36. The van der Waals surface area contributed by atoms with Gasteiger partial charge in [-0.25, -0.2) is 0 Å². The van der Waals surface area contributed by atoms with E-state index in [2.05, 4.69) is 6.07 Å². The van der Waals surface area contributed by atoms with Gasteiger partial charge in [-0.2, -0.15) is 5.26 Å². The molecule has 0 aliphatic heterocycles. The summed E-state index contributed by atoms with van der Waals surface area (Å²) < 4.78 is 5.52. The minimum atomic E-state index is -0.497. The first-order valence-corrected chi connectivity index (χ1v) is 7.70. The molecule has 2 aromatic rings. The fourth-order valence-corrected chi connectivity index (χ4v) is 2.65. The molecule has 7 heteroatoms. The van der Waals surface area contributed by atoms with Crippen LogP contribution in [-0.4, -0.2) is 11.5 Å². The Hall–Kier alpha value is -2.55. The van der Waals surface area contributed by atoms with E-state index in [9.17, 15) is 15.4 Å². The van der Waals surface area contributed by atoms with Gasteiger partial charge in [-0.05, 0) is 42.8 Å². The van der Waals surface area contributed by atoms with Gasteiger partial charge >= 0.3 is 0 Å². The van der Waals surface area contributed by atoms with Gasteiger partial charge < -0.3 is 4.74 Å². The standard InChI is InChI=1S/C17H12Cl2N2O3/c1-2-24-17-12(8-14(18)9-16(17)19)7-13(10-20)11-3-5-15(6-4-11)21(22)23/h3-9H,2H2,1H3/b13-7+. The number of non-ortho nitro benzene ring substituents is 1. The van der Waals surface area contributed by atoms with E-state index < -0.39 is 4.92 Å². The van der Waals surface area contributed by atoms with Gasteiger partial charge in [0.1, 0.15) is 5.75 Å².